The molecule has 35 heavy (non-hydrogen) atoms. The van der Waals surface area contributed by atoms with Gasteiger partial charge in [0.15, 0.2) is 14.1 Å². The van der Waals surface area contributed by atoms with Crippen LogP contribution in [0.15, 0.2) is 42.0 Å². The summed E-state index contributed by atoms with van der Waals surface area (Å²) in [6.45, 7) is 19.1. The maximum atomic E-state index is 12.5. The molecule has 0 aromatic heterocycles. The molecule has 0 unspecified atom stereocenters. The van der Waals surface area contributed by atoms with Gasteiger partial charge >= 0.3 is 0 Å². The average Bonchev–Trinajstić information content (AvgIpc) is 3.09. The lowest BCUT2D eigenvalue weighted by molar-refractivity contribution is -0.116. The van der Waals surface area contributed by atoms with Gasteiger partial charge < -0.3 is 4.43 Å². The molecule has 5 rings (SSSR count). The van der Waals surface area contributed by atoms with E-state index in [1.54, 1.807) is 0 Å². The number of ketones is 1. The molecule has 0 bridgehead atoms. The zero-order valence-corrected chi connectivity index (χ0v) is 24.3. The first-order chi connectivity index (χ1) is 16.3. The fourth-order valence-electron chi connectivity index (χ4n) is 7.80. The Labute approximate surface area is 214 Å². The van der Waals surface area contributed by atoms with Gasteiger partial charge in [-0.15, -0.1) is 0 Å². The molecular weight excluding hydrogens is 444 g/mol. The molecule has 1 aromatic carbocycles. The summed E-state index contributed by atoms with van der Waals surface area (Å²) in [5.74, 6) is 2.09. The van der Waals surface area contributed by atoms with E-state index in [0.717, 1.165) is 6.42 Å². The van der Waals surface area contributed by atoms with Crippen LogP contribution in [0.5, 0.6) is 0 Å². The Morgan fingerprint density at radius 3 is 2.29 bits per heavy atom. The van der Waals surface area contributed by atoms with Gasteiger partial charge in [0.1, 0.15) is 0 Å². The maximum Gasteiger partial charge on any atom is 0.192 e. The van der Waals surface area contributed by atoms with Crippen molar-refractivity contribution >= 4 is 19.7 Å². The van der Waals surface area contributed by atoms with Crippen LogP contribution in [0, 0.1) is 35.5 Å². The highest BCUT2D eigenvalue weighted by Gasteiger charge is 2.61. The number of fused-ring (bicyclic) bond motifs is 5. The summed E-state index contributed by atoms with van der Waals surface area (Å²) in [5.41, 5.74) is 5.77. The smallest absolute Gasteiger partial charge is 0.192 e. The number of hydrogen-bond acceptors (Lipinski definition) is 2. The maximum absolute atomic E-state index is 12.5. The standard InChI is InChI=1S/C32H46O2Si/c1-21-9-11-22(12-10-21)25-20-23-19-24(33)15-17-31(23,5)27-16-18-32(6)26(29(25)27)13-14-28(32)34-35(7,8)30(2,3)4/h9-12,19-20,26-29H,13-18H2,1-8H3/t26-,27-,28-,29-,31-,32-/m0/s1. The number of carbonyl (C=O) groups excluding carboxylic acids is 1. The fourth-order valence-corrected chi connectivity index (χ4v) is 9.25. The van der Waals surface area contributed by atoms with Crippen molar-refractivity contribution in [2.24, 2.45) is 28.6 Å². The molecule has 4 aliphatic rings. The first kappa shape index (κ1) is 25.2. The minimum absolute atomic E-state index is 0.118. The normalized spacial score (nSPS) is 37.2. The van der Waals surface area contributed by atoms with Gasteiger partial charge in [0, 0.05) is 6.42 Å². The first-order valence-electron chi connectivity index (χ1n) is 14.0. The first-order valence-corrected chi connectivity index (χ1v) is 16.9. The van der Waals surface area contributed by atoms with E-state index in [-0.39, 0.29) is 15.9 Å². The summed E-state index contributed by atoms with van der Waals surface area (Å²) in [6.07, 6.45) is 11.4. The molecule has 1 aromatic rings. The van der Waals surface area contributed by atoms with Crippen LogP contribution in [0.2, 0.25) is 18.1 Å². The monoisotopic (exact) mass is 490 g/mol. The zero-order valence-electron chi connectivity index (χ0n) is 23.3. The second-order valence-electron chi connectivity index (χ2n) is 14.2. The summed E-state index contributed by atoms with van der Waals surface area (Å²) >= 11 is 0. The Kier molecular flexibility index (Phi) is 5.96. The van der Waals surface area contributed by atoms with E-state index in [4.69, 9.17) is 4.43 Å². The van der Waals surface area contributed by atoms with E-state index in [9.17, 15) is 4.79 Å². The van der Waals surface area contributed by atoms with Crippen molar-refractivity contribution in [1.29, 1.82) is 0 Å². The van der Waals surface area contributed by atoms with Gasteiger partial charge in [0.25, 0.3) is 0 Å². The van der Waals surface area contributed by atoms with Crippen LogP contribution < -0.4 is 0 Å². The Balaban J connectivity index is 1.58. The third kappa shape index (κ3) is 3.96. The summed E-state index contributed by atoms with van der Waals surface area (Å²) < 4.78 is 7.18. The van der Waals surface area contributed by atoms with Crippen LogP contribution in [-0.2, 0) is 9.22 Å². The predicted molar refractivity (Wildman–Crippen MR) is 149 cm³/mol. The van der Waals surface area contributed by atoms with Gasteiger partial charge in [0.05, 0.1) is 6.10 Å². The number of aryl methyl sites for hydroxylation is 1. The SMILES string of the molecule is Cc1ccc(C2=CC3=CC(=O)CC[C@]3(C)[C@H]3CC[C@]4(C)[C@@H](O[Si](C)(C)C(C)(C)C)CC[C@H]4[C@H]23)cc1. The van der Waals surface area contributed by atoms with Crippen molar-refractivity contribution in [3.63, 3.8) is 0 Å². The van der Waals surface area contributed by atoms with Crippen molar-refractivity contribution in [1.82, 2.24) is 0 Å². The molecule has 0 saturated heterocycles. The minimum atomic E-state index is -1.84. The molecule has 3 heteroatoms. The fraction of sp³-hybridized carbons (Fsp3) is 0.656. The second-order valence-corrected chi connectivity index (χ2v) is 18.9. The lowest BCUT2D eigenvalue weighted by Crippen LogP contribution is -2.53. The quantitative estimate of drug-likeness (QED) is 0.397. The number of hydrogen-bond donors (Lipinski definition) is 0. The lowest BCUT2D eigenvalue weighted by Gasteiger charge is -2.58. The van der Waals surface area contributed by atoms with Crippen molar-refractivity contribution in [2.45, 2.75) is 104 Å². The molecule has 0 radical (unpaired) electrons. The van der Waals surface area contributed by atoms with Gasteiger partial charge in [-0.3, -0.25) is 4.79 Å². The molecule has 190 valence electrons. The zero-order chi connectivity index (χ0) is 25.4. The molecule has 2 saturated carbocycles. The van der Waals surface area contributed by atoms with E-state index < -0.39 is 8.32 Å². The Hall–Kier alpha value is -1.45. The van der Waals surface area contributed by atoms with Crippen LogP contribution in [0.25, 0.3) is 5.57 Å². The van der Waals surface area contributed by atoms with Crippen LogP contribution in [0.4, 0.5) is 0 Å². The lowest BCUT2D eigenvalue weighted by atomic mass is 9.47. The highest BCUT2D eigenvalue weighted by molar-refractivity contribution is 6.74. The van der Waals surface area contributed by atoms with E-state index in [1.165, 1.54) is 48.0 Å². The van der Waals surface area contributed by atoms with E-state index in [1.807, 2.05) is 6.08 Å². The summed E-state index contributed by atoms with van der Waals surface area (Å²) in [7, 11) is -1.84. The molecule has 0 amide bonds. The van der Waals surface area contributed by atoms with E-state index in [2.05, 4.69) is 85.0 Å². The topological polar surface area (TPSA) is 26.3 Å². The predicted octanol–water partition coefficient (Wildman–Crippen LogP) is 8.52. The Bertz CT molecular complexity index is 1070. The van der Waals surface area contributed by atoms with Gasteiger partial charge in [-0.1, -0.05) is 70.5 Å². The summed E-state index contributed by atoms with van der Waals surface area (Å²) in [4.78, 5) is 12.5. The third-order valence-corrected chi connectivity index (χ3v) is 15.7. The van der Waals surface area contributed by atoms with Crippen molar-refractivity contribution in [3.8, 4) is 0 Å². The number of benzene rings is 1. The van der Waals surface area contributed by atoms with E-state index in [0.29, 0.717) is 36.1 Å². The van der Waals surface area contributed by atoms with Gasteiger partial charge in [-0.2, -0.15) is 0 Å². The molecule has 4 aliphatic carbocycles. The molecule has 6 atom stereocenters. The van der Waals surface area contributed by atoms with Crippen LogP contribution in [0.3, 0.4) is 0 Å². The molecule has 2 fully saturated rings. The van der Waals surface area contributed by atoms with Crippen molar-refractivity contribution in [2.75, 3.05) is 0 Å². The van der Waals surface area contributed by atoms with Gasteiger partial charge in [0.2, 0.25) is 0 Å². The van der Waals surface area contributed by atoms with Crippen LogP contribution >= 0.6 is 0 Å². The van der Waals surface area contributed by atoms with Crippen molar-refractivity contribution < 1.29 is 9.22 Å². The Morgan fingerprint density at radius 1 is 0.943 bits per heavy atom. The molecule has 0 spiro atoms. The molecule has 2 nitrogen and oxygen atoms in total. The average molecular weight is 491 g/mol. The number of allylic oxidation sites excluding steroid dienone is 4. The summed E-state index contributed by atoms with van der Waals surface area (Å²) in [5, 5.41) is 0.234. The van der Waals surface area contributed by atoms with Gasteiger partial charge in [-0.05, 0) is 109 Å². The number of carbonyl (C=O) groups is 1. The molecule has 0 N–H and O–H groups in total. The molecular formula is C32H46O2Si. The Morgan fingerprint density at radius 2 is 1.63 bits per heavy atom. The molecule has 0 aliphatic heterocycles. The van der Waals surface area contributed by atoms with E-state index >= 15 is 0 Å². The molecule has 0 heterocycles. The van der Waals surface area contributed by atoms with Gasteiger partial charge in [-0.25, -0.2) is 0 Å². The highest BCUT2D eigenvalue weighted by atomic mass is 28.4. The van der Waals surface area contributed by atoms with Crippen LogP contribution in [0.1, 0.15) is 84.3 Å². The number of rotatable bonds is 3. The van der Waals surface area contributed by atoms with Crippen LogP contribution in [-0.4, -0.2) is 20.2 Å². The summed E-state index contributed by atoms with van der Waals surface area (Å²) in [6, 6.07) is 9.13. The third-order valence-electron chi connectivity index (χ3n) is 11.2. The second kappa shape index (κ2) is 8.28. The minimum Gasteiger partial charge on any atom is -0.413 e. The largest absolute Gasteiger partial charge is 0.413 e. The highest BCUT2D eigenvalue weighted by Crippen LogP contribution is 2.67. The van der Waals surface area contributed by atoms with Crippen molar-refractivity contribution in [3.05, 3.63) is 53.1 Å².